The van der Waals surface area contributed by atoms with Gasteiger partial charge in [0.05, 0.1) is 21.3 Å². The van der Waals surface area contributed by atoms with E-state index in [9.17, 15) is 22.0 Å². The fourth-order valence-electron chi connectivity index (χ4n) is 4.17. The summed E-state index contributed by atoms with van der Waals surface area (Å²) in [5.41, 5.74) is 2.04. The third kappa shape index (κ3) is 6.43. The third-order valence-electron chi connectivity index (χ3n) is 6.37. The molecule has 0 aliphatic heterocycles. The number of carbonyl (C=O) groups is 1. The number of rotatable bonds is 9. The van der Waals surface area contributed by atoms with Crippen LogP contribution < -0.4 is 5.01 Å². The number of sulfonamides is 1. The van der Waals surface area contributed by atoms with Crippen molar-refractivity contribution in [2.75, 3.05) is 5.01 Å². The van der Waals surface area contributed by atoms with Gasteiger partial charge in [-0.2, -0.15) is 14.4 Å². The van der Waals surface area contributed by atoms with Gasteiger partial charge in [0.1, 0.15) is 11.6 Å². The largest absolute Gasteiger partial charge is 0.280 e. The van der Waals surface area contributed by atoms with Gasteiger partial charge in [0.15, 0.2) is 0 Å². The lowest BCUT2D eigenvalue weighted by Gasteiger charge is -2.26. The van der Waals surface area contributed by atoms with Crippen molar-refractivity contribution in [2.24, 2.45) is 5.10 Å². The van der Waals surface area contributed by atoms with Gasteiger partial charge < -0.3 is 0 Å². The average molecular weight is 605 g/mol. The lowest BCUT2D eigenvalue weighted by Crippen LogP contribution is -2.36. The van der Waals surface area contributed by atoms with Crippen molar-refractivity contribution in [1.29, 1.82) is 0 Å². The van der Waals surface area contributed by atoms with E-state index in [2.05, 4.69) is 10.1 Å². The first-order chi connectivity index (χ1) is 20.1. The number of carbonyl (C=O) groups excluding carboxylic acids is 1. The van der Waals surface area contributed by atoms with Crippen LogP contribution in [-0.2, 0) is 16.6 Å². The molecule has 0 spiro atoms. The molecule has 0 bridgehead atoms. The Bertz CT molecular complexity index is 1840. The molecule has 0 radical (unpaired) electrons. The van der Waals surface area contributed by atoms with E-state index in [4.69, 9.17) is 0 Å². The Hall–Kier alpha value is -4.32. The molecule has 5 aromatic rings. The maximum Gasteiger partial charge on any atom is 0.280 e. The molecular weight excluding hydrogens is 578 g/mol. The number of halogens is 2. The van der Waals surface area contributed by atoms with Crippen LogP contribution in [0.1, 0.15) is 35.3 Å². The molecule has 1 amide bonds. The fraction of sp³-hybridized carbons (Fsp3) is 0.129. The predicted molar refractivity (Wildman–Crippen MR) is 161 cm³/mol. The summed E-state index contributed by atoms with van der Waals surface area (Å²) >= 11 is 1.07. The number of anilines is 1. The summed E-state index contributed by atoms with van der Waals surface area (Å²) in [5, 5.41) is 5.57. The quantitative estimate of drug-likeness (QED) is 0.136. The van der Waals surface area contributed by atoms with Gasteiger partial charge in [0.2, 0.25) is 15.2 Å². The Balaban J connectivity index is 1.46. The zero-order valence-electron chi connectivity index (χ0n) is 22.7. The van der Waals surface area contributed by atoms with Crippen molar-refractivity contribution in [3.05, 3.63) is 125 Å². The summed E-state index contributed by atoms with van der Waals surface area (Å²) < 4.78 is 56.3. The van der Waals surface area contributed by atoms with Crippen molar-refractivity contribution in [1.82, 2.24) is 9.29 Å². The van der Waals surface area contributed by atoms with Crippen LogP contribution in [0.4, 0.5) is 13.9 Å². The highest BCUT2D eigenvalue weighted by atomic mass is 32.2. The normalized spacial score (nSPS) is 12.0. The number of fused-ring (bicyclic) bond motifs is 1. The standard InChI is InChI=1S/C31H26F2N4O3S2/c1-21(2)36(20-23-6-4-3-5-7-23)42(39,40)27-15-10-24(11-16-27)30(38)37(34-19-22-8-12-25(32)13-9-22)31-35-28-17-14-26(33)18-29(28)41-31/h3-19,21H,20H2,1-2H3/b34-19+. The fourth-order valence-corrected chi connectivity index (χ4v) is 6.75. The molecule has 0 fully saturated rings. The van der Waals surface area contributed by atoms with Crippen LogP contribution in [0.5, 0.6) is 0 Å². The second-order valence-electron chi connectivity index (χ2n) is 9.68. The lowest BCUT2D eigenvalue weighted by atomic mass is 10.2. The van der Waals surface area contributed by atoms with E-state index in [1.807, 2.05) is 30.3 Å². The van der Waals surface area contributed by atoms with Crippen molar-refractivity contribution in [3.63, 3.8) is 0 Å². The molecule has 4 aromatic carbocycles. The minimum atomic E-state index is -3.88. The van der Waals surface area contributed by atoms with Gasteiger partial charge in [-0.1, -0.05) is 53.8 Å². The smallest absolute Gasteiger partial charge is 0.267 e. The van der Waals surface area contributed by atoms with E-state index in [0.29, 0.717) is 15.8 Å². The van der Waals surface area contributed by atoms with Gasteiger partial charge in [0.25, 0.3) is 5.91 Å². The van der Waals surface area contributed by atoms with E-state index in [1.165, 1.54) is 77.2 Å². The van der Waals surface area contributed by atoms with Crippen molar-refractivity contribution in [2.45, 2.75) is 31.3 Å². The number of hydrazone groups is 1. The Morgan fingerprint density at radius 1 is 0.929 bits per heavy atom. The van der Waals surface area contributed by atoms with Gasteiger partial charge in [-0.25, -0.2) is 22.2 Å². The number of hydrogen-bond acceptors (Lipinski definition) is 6. The zero-order valence-corrected chi connectivity index (χ0v) is 24.3. The first-order valence-corrected chi connectivity index (χ1v) is 15.2. The Labute approximate surface area is 246 Å². The van der Waals surface area contributed by atoms with Crippen LogP contribution in [0, 0.1) is 11.6 Å². The second kappa shape index (κ2) is 12.3. The molecule has 0 atom stereocenters. The van der Waals surface area contributed by atoms with E-state index in [-0.39, 0.29) is 28.2 Å². The molecule has 0 saturated heterocycles. The van der Waals surface area contributed by atoms with E-state index < -0.39 is 27.6 Å². The number of hydrogen-bond donors (Lipinski definition) is 0. The van der Waals surface area contributed by atoms with Gasteiger partial charge >= 0.3 is 0 Å². The van der Waals surface area contributed by atoms with Crippen molar-refractivity contribution < 1.29 is 22.0 Å². The van der Waals surface area contributed by atoms with Gasteiger partial charge in [-0.15, -0.1) is 0 Å². The average Bonchev–Trinajstić information content (AvgIpc) is 3.40. The number of thiazole rings is 1. The maximum absolute atomic E-state index is 13.8. The molecule has 42 heavy (non-hydrogen) atoms. The number of nitrogens with zero attached hydrogens (tertiary/aromatic N) is 4. The predicted octanol–water partition coefficient (Wildman–Crippen LogP) is 6.85. The Morgan fingerprint density at radius 3 is 2.26 bits per heavy atom. The van der Waals surface area contributed by atoms with Gasteiger partial charge in [-0.05, 0) is 79.6 Å². The first kappa shape index (κ1) is 29.2. The molecule has 1 aromatic heterocycles. The first-order valence-electron chi connectivity index (χ1n) is 13.0. The third-order valence-corrected chi connectivity index (χ3v) is 9.40. The minimum absolute atomic E-state index is 0.0421. The molecule has 0 saturated carbocycles. The highest BCUT2D eigenvalue weighted by Gasteiger charge is 2.28. The van der Waals surface area contributed by atoms with Gasteiger partial charge in [-0.3, -0.25) is 4.79 Å². The molecule has 0 aliphatic rings. The maximum atomic E-state index is 13.8. The van der Waals surface area contributed by atoms with Crippen LogP contribution in [0.3, 0.4) is 0 Å². The lowest BCUT2D eigenvalue weighted by molar-refractivity contribution is 0.0987. The molecule has 11 heteroatoms. The summed E-state index contributed by atoms with van der Waals surface area (Å²) in [6, 6.07) is 24.3. The van der Waals surface area contributed by atoms with Crippen LogP contribution in [0.25, 0.3) is 10.2 Å². The number of amides is 1. The van der Waals surface area contributed by atoms with Crippen molar-refractivity contribution >= 4 is 48.8 Å². The molecule has 1 heterocycles. The topological polar surface area (TPSA) is 82.9 Å². The molecule has 7 nitrogen and oxygen atoms in total. The van der Waals surface area contributed by atoms with Crippen LogP contribution in [0.15, 0.2) is 107 Å². The Kier molecular flexibility index (Phi) is 8.53. The van der Waals surface area contributed by atoms with Crippen LogP contribution in [0.2, 0.25) is 0 Å². The molecule has 0 N–H and O–H groups in total. The molecule has 0 aliphatic carbocycles. The summed E-state index contributed by atoms with van der Waals surface area (Å²) in [5.74, 6) is -1.44. The zero-order chi connectivity index (χ0) is 29.9. The van der Waals surface area contributed by atoms with Crippen LogP contribution in [-0.4, -0.2) is 35.9 Å². The highest BCUT2D eigenvalue weighted by Crippen LogP contribution is 2.31. The van der Waals surface area contributed by atoms with Crippen LogP contribution >= 0.6 is 11.3 Å². The van der Waals surface area contributed by atoms with Crippen molar-refractivity contribution in [3.8, 4) is 0 Å². The molecule has 0 unspecified atom stereocenters. The summed E-state index contributed by atoms with van der Waals surface area (Å²) in [4.78, 5) is 18.2. The monoisotopic (exact) mass is 604 g/mol. The minimum Gasteiger partial charge on any atom is -0.267 e. The van der Waals surface area contributed by atoms with E-state index in [1.54, 1.807) is 13.8 Å². The molecule has 5 rings (SSSR count). The van der Waals surface area contributed by atoms with E-state index in [0.717, 1.165) is 21.9 Å². The number of aromatic nitrogens is 1. The summed E-state index contributed by atoms with van der Waals surface area (Å²) in [6.07, 6.45) is 1.38. The second-order valence-corrected chi connectivity index (χ2v) is 12.6. The molecular formula is C31H26F2N4O3S2. The molecule has 214 valence electrons. The number of benzene rings is 4. The highest BCUT2D eigenvalue weighted by molar-refractivity contribution is 7.89. The van der Waals surface area contributed by atoms with Gasteiger partial charge in [0, 0.05) is 18.2 Å². The Morgan fingerprint density at radius 2 is 1.60 bits per heavy atom. The summed E-state index contributed by atoms with van der Waals surface area (Å²) in [6.45, 7) is 3.81. The SMILES string of the molecule is CC(C)N(Cc1ccccc1)S(=O)(=O)c1ccc(C(=O)N(/N=C/c2ccc(F)cc2)c2nc3ccc(F)cc3s2)cc1. The summed E-state index contributed by atoms with van der Waals surface area (Å²) in [7, 11) is -3.88. The van der Waals surface area contributed by atoms with E-state index >= 15 is 0 Å².